The molecule has 1 atom stereocenters. The number of nitrogens with two attached hydrogens (primary N) is 1. The van der Waals surface area contributed by atoms with Gasteiger partial charge >= 0.3 is 0 Å². The lowest BCUT2D eigenvalue weighted by Crippen LogP contribution is -2.27. The Balaban J connectivity index is 0.00000312. The topological polar surface area (TPSA) is 53.6 Å². The maximum absolute atomic E-state index is 6.05. The molecule has 5 heteroatoms. The molecule has 0 saturated heterocycles. The fraction of sp³-hybridized carbons (Fsp3) is 0.350. The fourth-order valence-electron chi connectivity index (χ4n) is 2.55. The van der Waals surface area contributed by atoms with Crippen LogP contribution in [0.1, 0.15) is 29.7 Å². The van der Waals surface area contributed by atoms with E-state index in [2.05, 4.69) is 79.6 Å². The zero-order chi connectivity index (χ0) is 17.5. The SMILES string of the molecule is CCc1ccc(NC(N)=NCC(c2ccc(C)cc2)N(C)C)cc1.I. The van der Waals surface area contributed by atoms with Crippen LogP contribution in [-0.2, 0) is 6.42 Å². The Bertz CT molecular complexity index is 663. The molecule has 136 valence electrons. The lowest BCUT2D eigenvalue weighted by Gasteiger charge is -2.23. The van der Waals surface area contributed by atoms with Crippen LogP contribution in [0, 0.1) is 6.92 Å². The van der Waals surface area contributed by atoms with Crippen molar-refractivity contribution >= 4 is 35.6 Å². The third-order valence-corrected chi connectivity index (χ3v) is 4.15. The molecule has 0 aromatic heterocycles. The largest absolute Gasteiger partial charge is 0.370 e. The molecule has 2 aromatic carbocycles. The lowest BCUT2D eigenvalue weighted by atomic mass is 10.0. The van der Waals surface area contributed by atoms with E-state index in [0.717, 1.165) is 12.1 Å². The molecule has 3 N–H and O–H groups in total. The average molecular weight is 452 g/mol. The van der Waals surface area contributed by atoms with Gasteiger partial charge in [0.05, 0.1) is 12.6 Å². The molecule has 4 nitrogen and oxygen atoms in total. The number of halogens is 1. The van der Waals surface area contributed by atoms with Gasteiger partial charge < -0.3 is 16.0 Å². The predicted octanol–water partition coefficient (Wildman–Crippen LogP) is 4.20. The quantitative estimate of drug-likeness (QED) is 0.393. The average Bonchev–Trinajstić information content (AvgIpc) is 2.57. The van der Waals surface area contributed by atoms with Crippen molar-refractivity contribution in [3.8, 4) is 0 Å². The van der Waals surface area contributed by atoms with Gasteiger partial charge in [-0.15, -0.1) is 24.0 Å². The van der Waals surface area contributed by atoms with Gasteiger partial charge in [0.25, 0.3) is 0 Å². The molecule has 1 unspecified atom stereocenters. The first-order valence-electron chi connectivity index (χ1n) is 8.38. The van der Waals surface area contributed by atoms with Crippen LogP contribution in [0.2, 0.25) is 0 Å². The zero-order valence-electron chi connectivity index (χ0n) is 15.5. The number of rotatable bonds is 6. The Labute approximate surface area is 168 Å². The van der Waals surface area contributed by atoms with Gasteiger partial charge in [0.2, 0.25) is 0 Å². The van der Waals surface area contributed by atoms with Crippen molar-refractivity contribution < 1.29 is 0 Å². The Hall–Kier alpha value is -1.60. The summed E-state index contributed by atoms with van der Waals surface area (Å²) in [6.07, 6.45) is 1.03. The molecule has 0 fully saturated rings. The van der Waals surface area contributed by atoms with Crippen molar-refractivity contribution in [2.75, 3.05) is 26.0 Å². The van der Waals surface area contributed by atoms with Crippen LogP contribution in [0.4, 0.5) is 5.69 Å². The number of anilines is 1. The van der Waals surface area contributed by atoms with E-state index >= 15 is 0 Å². The highest BCUT2D eigenvalue weighted by atomic mass is 127. The number of benzene rings is 2. The van der Waals surface area contributed by atoms with Gasteiger partial charge in [-0.25, -0.2) is 0 Å². The van der Waals surface area contributed by atoms with Crippen LogP contribution < -0.4 is 11.1 Å². The maximum atomic E-state index is 6.05. The van der Waals surface area contributed by atoms with Crippen LogP contribution in [0.25, 0.3) is 0 Å². The van der Waals surface area contributed by atoms with Crippen LogP contribution >= 0.6 is 24.0 Å². The fourth-order valence-corrected chi connectivity index (χ4v) is 2.55. The van der Waals surface area contributed by atoms with Crippen molar-refractivity contribution in [1.29, 1.82) is 0 Å². The minimum absolute atomic E-state index is 0. The van der Waals surface area contributed by atoms with Gasteiger partial charge in [0.15, 0.2) is 5.96 Å². The first kappa shape index (κ1) is 21.4. The van der Waals surface area contributed by atoms with E-state index < -0.39 is 0 Å². The van der Waals surface area contributed by atoms with Crippen LogP contribution in [0.15, 0.2) is 53.5 Å². The first-order chi connectivity index (χ1) is 11.5. The Kier molecular flexibility index (Phi) is 8.92. The molecule has 0 aliphatic rings. The van der Waals surface area contributed by atoms with Gasteiger partial charge in [0, 0.05) is 5.69 Å². The van der Waals surface area contributed by atoms with Crippen molar-refractivity contribution in [1.82, 2.24) is 4.90 Å². The van der Waals surface area contributed by atoms with E-state index in [1.165, 1.54) is 16.7 Å². The van der Waals surface area contributed by atoms with Crippen LogP contribution in [-0.4, -0.2) is 31.5 Å². The zero-order valence-corrected chi connectivity index (χ0v) is 17.8. The van der Waals surface area contributed by atoms with Crippen molar-refractivity contribution in [2.24, 2.45) is 10.7 Å². The third kappa shape index (κ3) is 6.66. The maximum Gasteiger partial charge on any atom is 0.193 e. The standard InChI is InChI=1S/C20H28N4.HI/c1-5-16-8-12-18(13-9-16)23-20(21)22-14-19(24(3)4)17-10-6-15(2)7-11-17;/h6-13,19H,5,14H2,1-4H3,(H3,21,22,23);1H. The highest BCUT2D eigenvalue weighted by Crippen LogP contribution is 2.19. The second-order valence-corrected chi connectivity index (χ2v) is 6.29. The second kappa shape index (κ2) is 10.4. The molecule has 0 amide bonds. The van der Waals surface area contributed by atoms with Gasteiger partial charge in [-0.3, -0.25) is 4.99 Å². The molecule has 25 heavy (non-hydrogen) atoms. The molecule has 2 aromatic rings. The molecular weight excluding hydrogens is 423 g/mol. The smallest absolute Gasteiger partial charge is 0.193 e. The molecule has 2 rings (SSSR count). The van der Waals surface area contributed by atoms with E-state index in [4.69, 9.17) is 5.73 Å². The molecule has 0 heterocycles. The Morgan fingerprint density at radius 3 is 2.20 bits per heavy atom. The summed E-state index contributed by atoms with van der Waals surface area (Å²) in [5.41, 5.74) is 10.8. The van der Waals surface area contributed by atoms with Crippen molar-refractivity contribution in [2.45, 2.75) is 26.3 Å². The van der Waals surface area contributed by atoms with Crippen molar-refractivity contribution in [3.05, 3.63) is 65.2 Å². The van der Waals surface area contributed by atoms with E-state index in [1.54, 1.807) is 0 Å². The molecule has 0 aliphatic carbocycles. The lowest BCUT2D eigenvalue weighted by molar-refractivity contribution is 0.306. The molecule has 0 aliphatic heterocycles. The number of hydrogen-bond donors (Lipinski definition) is 2. The molecule has 0 bridgehead atoms. The summed E-state index contributed by atoms with van der Waals surface area (Å²) >= 11 is 0. The summed E-state index contributed by atoms with van der Waals surface area (Å²) < 4.78 is 0. The highest BCUT2D eigenvalue weighted by Gasteiger charge is 2.13. The Morgan fingerprint density at radius 1 is 1.08 bits per heavy atom. The van der Waals surface area contributed by atoms with Gasteiger partial charge in [-0.05, 0) is 50.7 Å². The third-order valence-electron chi connectivity index (χ3n) is 4.15. The van der Waals surface area contributed by atoms with Gasteiger partial charge in [-0.1, -0.05) is 48.9 Å². The number of likely N-dealkylation sites (N-methyl/N-ethyl adjacent to an activating group) is 1. The number of nitrogens with one attached hydrogen (secondary N) is 1. The van der Waals surface area contributed by atoms with E-state index in [1.807, 2.05) is 12.1 Å². The van der Waals surface area contributed by atoms with E-state index in [0.29, 0.717) is 12.5 Å². The van der Waals surface area contributed by atoms with Gasteiger partial charge in [-0.2, -0.15) is 0 Å². The molecule has 0 saturated carbocycles. The minimum atomic E-state index is 0. The monoisotopic (exact) mass is 452 g/mol. The van der Waals surface area contributed by atoms with Gasteiger partial charge in [0.1, 0.15) is 0 Å². The van der Waals surface area contributed by atoms with E-state index in [9.17, 15) is 0 Å². The highest BCUT2D eigenvalue weighted by molar-refractivity contribution is 14.0. The predicted molar refractivity (Wildman–Crippen MR) is 119 cm³/mol. The van der Waals surface area contributed by atoms with Crippen LogP contribution in [0.5, 0.6) is 0 Å². The summed E-state index contributed by atoms with van der Waals surface area (Å²) in [5.74, 6) is 0.443. The normalized spacial score (nSPS) is 12.6. The van der Waals surface area contributed by atoms with E-state index in [-0.39, 0.29) is 30.0 Å². The molecule has 0 radical (unpaired) electrons. The summed E-state index contributed by atoms with van der Waals surface area (Å²) in [6, 6.07) is 17.0. The van der Waals surface area contributed by atoms with Crippen LogP contribution in [0.3, 0.4) is 0 Å². The number of nitrogens with zero attached hydrogens (tertiary/aromatic N) is 2. The summed E-state index contributed by atoms with van der Waals surface area (Å²) in [5, 5.41) is 3.16. The molecule has 0 spiro atoms. The van der Waals surface area contributed by atoms with Crippen molar-refractivity contribution in [3.63, 3.8) is 0 Å². The summed E-state index contributed by atoms with van der Waals surface area (Å²) in [4.78, 5) is 6.69. The number of hydrogen-bond acceptors (Lipinski definition) is 2. The number of aliphatic imine (C=N–C) groups is 1. The summed E-state index contributed by atoms with van der Waals surface area (Å²) in [7, 11) is 4.13. The number of guanidine groups is 1. The summed E-state index contributed by atoms with van der Waals surface area (Å²) in [6.45, 7) is 4.85. The molecular formula is C20H29IN4. The Morgan fingerprint density at radius 2 is 1.68 bits per heavy atom. The first-order valence-corrected chi connectivity index (χ1v) is 8.38. The minimum Gasteiger partial charge on any atom is -0.370 e. The second-order valence-electron chi connectivity index (χ2n) is 6.29. The number of aryl methyl sites for hydroxylation is 2.